The Bertz CT molecular complexity index is 832. The topological polar surface area (TPSA) is 53.7 Å². The van der Waals surface area contributed by atoms with Crippen molar-refractivity contribution in [3.05, 3.63) is 48.7 Å². The first-order chi connectivity index (χ1) is 10.7. The van der Waals surface area contributed by atoms with Crippen molar-refractivity contribution in [1.29, 1.82) is 0 Å². The molecule has 0 saturated carbocycles. The summed E-state index contributed by atoms with van der Waals surface area (Å²) in [5.74, 6) is 0.478. The Kier molecular flexibility index (Phi) is 3.04. The summed E-state index contributed by atoms with van der Waals surface area (Å²) in [5.41, 5.74) is 2.31. The maximum absolute atomic E-state index is 13.4. The lowest BCUT2D eigenvalue weighted by Gasteiger charge is -2.17. The Labute approximate surface area is 126 Å². The summed E-state index contributed by atoms with van der Waals surface area (Å²) in [7, 11) is 0. The zero-order chi connectivity index (χ0) is 15.1. The van der Waals surface area contributed by atoms with E-state index in [2.05, 4.69) is 9.97 Å². The van der Waals surface area contributed by atoms with Crippen LogP contribution in [0, 0.1) is 5.82 Å². The van der Waals surface area contributed by atoms with Gasteiger partial charge in [0, 0.05) is 31.0 Å². The minimum Gasteiger partial charge on any atom is -0.391 e. The molecule has 6 heteroatoms. The molecule has 4 rings (SSSR count). The molecular formula is C16H15FN4O. The van der Waals surface area contributed by atoms with Crippen LogP contribution in [0.25, 0.3) is 16.9 Å². The number of β-amino-alcohol motifs (C(OH)–C–C–N with tert-alkyl or cyclic N) is 1. The van der Waals surface area contributed by atoms with Crippen molar-refractivity contribution in [3.8, 4) is 11.3 Å². The van der Waals surface area contributed by atoms with Gasteiger partial charge >= 0.3 is 0 Å². The molecule has 1 unspecified atom stereocenters. The van der Waals surface area contributed by atoms with Crippen molar-refractivity contribution < 1.29 is 9.50 Å². The van der Waals surface area contributed by atoms with Crippen LogP contribution in [0.4, 0.5) is 10.2 Å². The number of fused-ring (bicyclic) bond motifs is 1. The number of halogens is 1. The number of imidazole rings is 1. The van der Waals surface area contributed by atoms with Gasteiger partial charge in [-0.1, -0.05) is 12.1 Å². The van der Waals surface area contributed by atoms with Crippen LogP contribution in [0.1, 0.15) is 6.42 Å². The molecular weight excluding hydrogens is 283 g/mol. The second kappa shape index (κ2) is 5.06. The van der Waals surface area contributed by atoms with Crippen LogP contribution in [-0.2, 0) is 0 Å². The number of aliphatic hydroxyl groups is 1. The van der Waals surface area contributed by atoms with Crippen molar-refractivity contribution in [2.24, 2.45) is 0 Å². The van der Waals surface area contributed by atoms with E-state index in [9.17, 15) is 9.50 Å². The Morgan fingerprint density at radius 1 is 1.27 bits per heavy atom. The summed E-state index contributed by atoms with van der Waals surface area (Å²) in [6.45, 7) is 1.32. The van der Waals surface area contributed by atoms with Gasteiger partial charge < -0.3 is 10.0 Å². The van der Waals surface area contributed by atoms with Crippen LogP contribution in [0.2, 0.25) is 0 Å². The molecule has 5 nitrogen and oxygen atoms in total. The number of aromatic nitrogens is 3. The van der Waals surface area contributed by atoms with E-state index in [1.165, 1.54) is 12.1 Å². The highest BCUT2D eigenvalue weighted by molar-refractivity contribution is 5.71. The molecule has 3 heterocycles. The predicted molar refractivity (Wildman–Crippen MR) is 81.2 cm³/mol. The first-order valence-electron chi connectivity index (χ1n) is 7.23. The summed E-state index contributed by atoms with van der Waals surface area (Å²) in [6.07, 6.45) is 5.66. The molecule has 2 aromatic heterocycles. The fourth-order valence-corrected chi connectivity index (χ4v) is 2.92. The number of benzene rings is 1. The molecule has 0 bridgehead atoms. The number of anilines is 1. The molecule has 0 aliphatic carbocycles. The standard InChI is InChI=1S/C16H15FN4O/c17-12-3-1-2-11(8-12)14-9-19-16-15(18-5-7-21(14)16)20-6-4-13(22)10-20/h1-3,5,7-9,13,22H,4,6,10H2. The lowest BCUT2D eigenvalue weighted by Crippen LogP contribution is -2.23. The molecule has 1 aliphatic heterocycles. The minimum atomic E-state index is -0.320. The van der Waals surface area contributed by atoms with Gasteiger partial charge in [0.15, 0.2) is 11.5 Å². The summed E-state index contributed by atoms with van der Waals surface area (Å²) in [4.78, 5) is 10.9. The fourth-order valence-electron chi connectivity index (χ4n) is 2.92. The van der Waals surface area contributed by atoms with Gasteiger partial charge in [-0.3, -0.25) is 4.40 Å². The first kappa shape index (κ1) is 13.2. The smallest absolute Gasteiger partial charge is 0.180 e. The molecule has 0 spiro atoms. The summed E-state index contributed by atoms with van der Waals surface area (Å²) in [5, 5.41) is 9.71. The highest BCUT2D eigenvalue weighted by Gasteiger charge is 2.24. The van der Waals surface area contributed by atoms with Crippen LogP contribution in [0.3, 0.4) is 0 Å². The summed E-state index contributed by atoms with van der Waals surface area (Å²) < 4.78 is 15.4. The van der Waals surface area contributed by atoms with Gasteiger partial charge in [-0.2, -0.15) is 0 Å². The molecule has 0 amide bonds. The third-order valence-electron chi connectivity index (χ3n) is 3.99. The molecule has 1 N–H and O–H groups in total. The van der Waals surface area contributed by atoms with Crippen molar-refractivity contribution >= 4 is 11.5 Å². The maximum atomic E-state index is 13.4. The average Bonchev–Trinajstić information content (AvgIpc) is 3.13. The van der Waals surface area contributed by atoms with E-state index in [0.717, 1.165) is 35.7 Å². The maximum Gasteiger partial charge on any atom is 0.180 e. The van der Waals surface area contributed by atoms with E-state index in [1.807, 2.05) is 21.6 Å². The van der Waals surface area contributed by atoms with Gasteiger partial charge in [0.25, 0.3) is 0 Å². The van der Waals surface area contributed by atoms with E-state index >= 15 is 0 Å². The van der Waals surface area contributed by atoms with Gasteiger partial charge in [0.2, 0.25) is 0 Å². The van der Waals surface area contributed by atoms with Gasteiger partial charge in [0.1, 0.15) is 5.82 Å². The lowest BCUT2D eigenvalue weighted by molar-refractivity contribution is 0.198. The fraction of sp³-hybridized carbons (Fsp3) is 0.250. The first-order valence-corrected chi connectivity index (χ1v) is 7.23. The molecule has 1 atom stereocenters. The second-order valence-electron chi connectivity index (χ2n) is 5.49. The lowest BCUT2D eigenvalue weighted by atomic mass is 10.1. The largest absolute Gasteiger partial charge is 0.391 e. The van der Waals surface area contributed by atoms with Crippen LogP contribution in [0.15, 0.2) is 42.9 Å². The van der Waals surface area contributed by atoms with E-state index in [0.29, 0.717) is 6.54 Å². The van der Waals surface area contributed by atoms with Gasteiger partial charge in [-0.05, 0) is 18.6 Å². The minimum absolute atomic E-state index is 0.274. The average molecular weight is 298 g/mol. The van der Waals surface area contributed by atoms with Gasteiger partial charge in [-0.15, -0.1) is 0 Å². The monoisotopic (exact) mass is 298 g/mol. The quantitative estimate of drug-likeness (QED) is 0.787. The Balaban J connectivity index is 1.83. The van der Waals surface area contributed by atoms with E-state index < -0.39 is 0 Å². The van der Waals surface area contributed by atoms with E-state index in [4.69, 9.17) is 0 Å². The Hall–Kier alpha value is -2.47. The molecule has 1 aromatic carbocycles. The normalized spacial score (nSPS) is 18.3. The predicted octanol–water partition coefficient (Wildman–Crippen LogP) is 2.11. The van der Waals surface area contributed by atoms with Gasteiger partial charge in [0.05, 0.1) is 18.0 Å². The zero-order valence-electron chi connectivity index (χ0n) is 11.9. The molecule has 112 valence electrons. The SMILES string of the molecule is OC1CCN(c2nccn3c(-c4cccc(F)c4)cnc23)C1. The van der Waals surface area contributed by atoms with E-state index in [1.54, 1.807) is 18.5 Å². The molecule has 1 saturated heterocycles. The highest BCUT2D eigenvalue weighted by Crippen LogP contribution is 2.27. The second-order valence-corrected chi connectivity index (χ2v) is 5.49. The van der Waals surface area contributed by atoms with Crippen LogP contribution >= 0.6 is 0 Å². The van der Waals surface area contributed by atoms with Crippen molar-refractivity contribution in [1.82, 2.24) is 14.4 Å². The number of rotatable bonds is 2. The molecule has 3 aromatic rings. The number of hydrogen-bond donors (Lipinski definition) is 1. The number of nitrogens with zero attached hydrogens (tertiary/aromatic N) is 4. The van der Waals surface area contributed by atoms with Crippen molar-refractivity contribution in [3.63, 3.8) is 0 Å². The number of aliphatic hydroxyl groups excluding tert-OH is 1. The summed E-state index contributed by atoms with van der Waals surface area (Å²) >= 11 is 0. The third kappa shape index (κ3) is 2.12. The molecule has 22 heavy (non-hydrogen) atoms. The van der Waals surface area contributed by atoms with Crippen LogP contribution in [-0.4, -0.2) is 38.7 Å². The van der Waals surface area contributed by atoms with Crippen LogP contribution in [0.5, 0.6) is 0 Å². The highest BCUT2D eigenvalue weighted by atomic mass is 19.1. The van der Waals surface area contributed by atoms with E-state index in [-0.39, 0.29) is 11.9 Å². The molecule has 0 radical (unpaired) electrons. The Morgan fingerprint density at radius 2 is 2.18 bits per heavy atom. The molecule has 1 fully saturated rings. The van der Waals surface area contributed by atoms with Crippen molar-refractivity contribution in [2.75, 3.05) is 18.0 Å². The van der Waals surface area contributed by atoms with Crippen molar-refractivity contribution in [2.45, 2.75) is 12.5 Å². The zero-order valence-corrected chi connectivity index (χ0v) is 11.9. The van der Waals surface area contributed by atoms with Crippen LogP contribution < -0.4 is 4.90 Å². The third-order valence-corrected chi connectivity index (χ3v) is 3.99. The summed E-state index contributed by atoms with van der Waals surface area (Å²) in [6, 6.07) is 6.45. The molecule has 1 aliphatic rings. The number of hydrogen-bond acceptors (Lipinski definition) is 4. The van der Waals surface area contributed by atoms with Gasteiger partial charge in [-0.25, -0.2) is 14.4 Å². The Morgan fingerprint density at radius 3 is 2.95 bits per heavy atom.